The zero-order valence-corrected chi connectivity index (χ0v) is 13.9. The summed E-state index contributed by atoms with van der Waals surface area (Å²) in [5, 5.41) is 3.90. The fraction of sp³-hybridized carbons (Fsp3) is 0.0476. The van der Waals surface area contributed by atoms with Gasteiger partial charge in [-0.1, -0.05) is 54.6 Å². The van der Waals surface area contributed by atoms with Crippen molar-refractivity contribution >= 4 is 12.1 Å². The van der Waals surface area contributed by atoms with Crippen molar-refractivity contribution in [3.63, 3.8) is 0 Å². The first kappa shape index (κ1) is 17.4. The number of benzene rings is 3. The summed E-state index contributed by atoms with van der Waals surface area (Å²) in [5.41, 5.74) is 4.02. The Hall–Kier alpha value is -3.47. The Kier molecular flexibility index (Phi) is 5.72. The standard InChI is InChI=1S/C21H17FN2O2/c22-19-12-6-5-11-18(19)21(25)24-23-14-17-10-4-7-13-20(17)26-15-16-8-2-1-3-9-16/h1-14H,15H2,(H,24,25)/b23-14+. The highest BCUT2D eigenvalue weighted by atomic mass is 19.1. The molecule has 1 amide bonds. The lowest BCUT2D eigenvalue weighted by atomic mass is 10.2. The molecule has 0 aliphatic heterocycles. The number of rotatable bonds is 6. The van der Waals surface area contributed by atoms with Gasteiger partial charge in [-0.15, -0.1) is 0 Å². The van der Waals surface area contributed by atoms with Crippen LogP contribution in [0, 0.1) is 5.82 Å². The molecule has 0 aromatic heterocycles. The molecule has 0 bridgehead atoms. The van der Waals surface area contributed by atoms with Crippen molar-refractivity contribution < 1.29 is 13.9 Å². The smallest absolute Gasteiger partial charge is 0.274 e. The summed E-state index contributed by atoms with van der Waals surface area (Å²) in [5.74, 6) is -0.561. The fourth-order valence-electron chi connectivity index (χ4n) is 2.32. The number of ether oxygens (including phenoxy) is 1. The van der Waals surface area contributed by atoms with E-state index in [2.05, 4.69) is 10.5 Å². The summed E-state index contributed by atoms with van der Waals surface area (Å²) < 4.78 is 19.4. The Labute approximate surface area is 150 Å². The lowest BCUT2D eigenvalue weighted by Gasteiger charge is -2.09. The number of nitrogens with one attached hydrogen (secondary N) is 1. The van der Waals surface area contributed by atoms with E-state index in [1.54, 1.807) is 6.07 Å². The second-order valence-corrected chi connectivity index (χ2v) is 5.49. The molecule has 0 unspecified atom stereocenters. The zero-order valence-electron chi connectivity index (χ0n) is 13.9. The molecule has 1 N–H and O–H groups in total. The molecule has 0 aliphatic rings. The third kappa shape index (κ3) is 4.54. The normalized spacial score (nSPS) is 10.7. The topological polar surface area (TPSA) is 50.7 Å². The molecule has 130 valence electrons. The summed E-state index contributed by atoms with van der Waals surface area (Å²) >= 11 is 0. The first-order valence-electron chi connectivity index (χ1n) is 8.08. The third-order valence-electron chi connectivity index (χ3n) is 3.64. The molecular weight excluding hydrogens is 331 g/mol. The van der Waals surface area contributed by atoms with Crippen molar-refractivity contribution in [2.24, 2.45) is 5.10 Å². The van der Waals surface area contributed by atoms with Crippen LogP contribution in [-0.4, -0.2) is 12.1 Å². The third-order valence-corrected chi connectivity index (χ3v) is 3.64. The molecular formula is C21H17FN2O2. The molecule has 0 heterocycles. The average molecular weight is 348 g/mol. The minimum Gasteiger partial charge on any atom is -0.488 e. The molecule has 0 fully saturated rings. The summed E-state index contributed by atoms with van der Waals surface area (Å²) in [7, 11) is 0. The van der Waals surface area contributed by atoms with Gasteiger partial charge in [-0.05, 0) is 29.8 Å². The molecule has 5 heteroatoms. The maximum absolute atomic E-state index is 13.6. The fourth-order valence-corrected chi connectivity index (χ4v) is 2.32. The van der Waals surface area contributed by atoms with Crippen LogP contribution in [0.1, 0.15) is 21.5 Å². The number of carbonyl (C=O) groups is 1. The van der Waals surface area contributed by atoms with Crippen molar-refractivity contribution in [3.8, 4) is 5.75 Å². The Morgan fingerprint density at radius 3 is 2.46 bits per heavy atom. The highest BCUT2D eigenvalue weighted by Crippen LogP contribution is 2.17. The number of halogens is 1. The van der Waals surface area contributed by atoms with Gasteiger partial charge < -0.3 is 4.74 Å². The van der Waals surface area contributed by atoms with Crippen molar-refractivity contribution in [1.29, 1.82) is 0 Å². The first-order chi connectivity index (χ1) is 12.7. The van der Waals surface area contributed by atoms with E-state index in [-0.39, 0.29) is 5.56 Å². The van der Waals surface area contributed by atoms with E-state index in [0.717, 1.165) is 5.56 Å². The average Bonchev–Trinajstić information content (AvgIpc) is 2.68. The summed E-state index contributed by atoms with van der Waals surface area (Å²) in [6.07, 6.45) is 1.47. The molecule has 0 spiro atoms. The van der Waals surface area contributed by atoms with E-state index in [1.807, 2.05) is 54.6 Å². The van der Waals surface area contributed by atoms with Gasteiger partial charge in [0.05, 0.1) is 11.8 Å². The number of amides is 1. The molecule has 0 radical (unpaired) electrons. The predicted molar refractivity (Wildman–Crippen MR) is 98.7 cm³/mol. The molecule has 3 aromatic carbocycles. The highest BCUT2D eigenvalue weighted by molar-refractivity contribution is 5.95. The number of hydrogen-bond donors (Lipinski definition) is 1. The summed E-state index contributed by atoms with van der Waals surface area (Å²) in [4.78, 5) is 12.0. The van der Waals surface area contributed by atoms with Gasteiger partial charge >= 0.3 is 0 Å². The van der Waals surface area contributed by atoms with Crippen LogP contribution in [0.4, 0.5) is 4.39 Å². The van der Waals surface area contributed by atoms with Gasteiger partial charge in [0.15, 0.2) is 0 Å². The summed E-state index contributed by atoms with van der Waals surface area (Å²) in [6.45, 7) is 0.424. The van der Waals surface area contributed by atoms with Crippen LogP contribution in [0.15, 0.2) is 84.0 Å². The second-order valence-electron chi connectivity index (χ2n) is 5.49. The monoisotopic (exact) mass is 348 g/mol. The van der Waals surface area contributed by atoms with Crippen LogP contribution < -0.4 is 10.2 Å². The largest absolute Gasteiger partial charge is 0.488 e. The Morgan fingerprint density at radius 2 is 1.65 bits per heavy atom. The van der Waals surface area contributed by atoms with Gasteiger partial charge in [0.2, 0.25) is 0 Å². The Bertz CT molecular complexity index is 911. The van der Waals surface area contributed by atoms with E-state index < -0.39 is 11.7 Å². The quantitative estimate of drug-likeness (QED) is 0.537. The molecule has 3 aromatic rings. The zero-order chi connectivity index (χ0) is 18.2. The van der Waals surface area contributed by atoms with Crippen LogP contribution in [0.2, 0.25) is 0 Å². The van der Waals surface area contributed by atoms with Crippen LogP contribution in [-0.2, 0) is 6.61 Å². The Balaban J connectivity index is 1.65. The maximum atomic E-state index is 13.6. The van der Waals surface area contributed by atoms with E-state index in [1.165, 1.54) is 24.4 Å². The van der Waals surface area contributed by atoms with E-state index in [0.29, 0.717) is 17.9 Å². The first-order valence-corrected chi connectivity index (χ1v) is 8.08. The van der Waals surface area contributed by atoms with Gasteiger partial charge in [-0.3, -0.25) is 4.79 Å². The second kappa shape index (κ2) is 8.58. The molecule has 0 atom stereocenters. The van der Waals surface area contributed by atoms with E-state index in [9.17, 15) is 9.18 Å². The molecule has 0 saturated heterocycles. The SMILES string of the molecule is O=C(N/N=C/c1ccccc1OCc1ccccc1)c1ccccc1F. The van der Waals surface area contributed by atoms with Crippen molar-refractivity contribution in [3.05, 3.63) is 101 Å². The summed E-state index contributed by atoms with van der Waals surface area (Å²) in [6, 6.07) is 22.9. The number of hydrogen-bond acceptors (Lipinski definition) is 3. The van der Waals surface area contributed by atoms with Crippen molar-refractivity contribution in [2.75, 3.05) is 0 Å². The molecule has 4 nitrogen and oxygen atoms in total. The van der Waals surface area contributed by atoms with E-state index in [4.69, 9.17) is 4.74 Å². The van der Waals surface area contributed by atoms with Crippen molar-refractivity contribution in [2.45, 2.75) is 6.61 Å². The number of para-hydroxylation sites is 1. The van der Waals surface area contributed by atoms with Crippen LogP contribution in [0.5, 0.6) is 5.75 Å². The van der Waals surface area contributed by atoms with Crippen LogP contribution in [0.3, 0.4) is 0 Å². The van der Waals surface area contributed by atoms with Gasteiger partial charge in [0.1, 0.15) is 18.2 Å². The maximum Gasteiger partial charge on any atom is 0.274 e. The van der Waals surface area contributed by atoms with Gasteiger partial charge in [0, 0.05) is 5.56 Å². The minimum atomic E-state index is -0.609. The van der Waals surface area contributed by atoms with Gasteiger partial charge in [-0.25, -0.2) is 9.82 Å². The number of nitrogens with zero attached hydrogens (tertiary/aromatic N) is 1. The van der Waals surface area contributed by atoms with Crippen LogP contribution in [0.25, 0.3) is 0 Å². The highest BCUT2D eigenvalue weighted by Gasteiger charge is 2.09. The molecule has 0 aliphatic carbocycles. The molecule has 3 rings (SSSR count). The number of hydrazone groups is 1. The minimum absolute atomic E-state index is 0.0572. The van der Waals surface area contributed by atoms with Gasteiger partial charge in [0.25, 0.3) is 5.91 Å². The lowest BCUT2D eigenvalue weighted by Crippen LogP contribution is -2.19. The molecule has 26 heavy (non-hydrogen) atoms. The van der Waals surface area contributed by atoms with Gasteiger partial charge in [-0.2, -0.15) is 5.10 Å². The van der Waals surface area contributed by atoms with Crippen LogP contribution >= 0.6 is 0 Å². The molecule has 0 saturated carbocycles. The number of carbonyl (C=O) groups excluding carboxylic acids is 1. The lowest BCUT2D eigenvalue weighted by molar-refractivity contribution is 0.0951. The Morgan fingerprint density at radius 1 is 0.962 bits per heavy atom. The predicted octanol–water partition coefficient (Wildman–Crippen LogP) is 4.17. The van der Waals surface area contributed by atoms with E-state index >= 15 is 0 Å². The van der Waals surface area contributed by atoms with Crippen molar-refractivity contribution in [1.82, 2.24) is 5.43 Å².